The summed E-state index contributed by atoms with van der Waals surface area (Å²) in [5.41, 5.74) is 1.57. The van der Waals surface area contributed by atoms with Gasteiger partial charge in [-0.3, -0.25) is 13.9 Å². The van der Waals surface area contributed by atoms with Crippen LogP contribution in [0.2, 0.25) is 0 Å². The lowest BCUT2D eigenvalue weighted by Gasteiger charge is -2.34. The second-order valence-electron chi connectivity index (χ2n) is 9.23. The van der Waals surface area contributed by atoms with Crippen molar-refractivity contribution in [2.75, 3.05) is 17.1 Å². The summed E-state index contributed by atoms with van der Waals surface area (Å²) in [6.07, 6.45) is 1.47. The van der Waals surface area contributed by atoms with Crippen LogP contribution in [0.1, 0.15) is 45.2 Å². The minimum atomic E-state index is -3.74. The van der Waals surface area contributed by atoms with Crippen LogP contribution in [0.5, 0.6) is 0 Å². The Hall–Kier alpha value is -2.87. The molecule has 0 fully saturated rings. The first-order chi connectivity index (χ1) is 15.3. The molecule has 0 spiro atoms. The average molecular weight is 474 g/mol. The van der Waals surface area contributed by atoms with Crippen molar-refractivity contribution >= 4 is 27.5 Å². The number of benzene rings is 2. The van der Waals surface area contributed by atoms with Gasteiger partial charge in [0.2, 0.25) is 21.8 Å². The van der Waals surface area contributed by atoms with Crippen LogP contribution in [-0.4, -0.2) is 49.5 Å². The van der Waals surface area contributed by atoms with Gasteiger partial charge in [-0.25, -0.2) is 8.42 Å². The molecule has 0 heterocycles. The second-order valence-corrected chi connectivity index (χ2v) is 11.1. The largest absolute Gasteiger partial charge is 0.350 e. The van der Waals surface area contributed by atoms with Gasteiger partial charge in [-0.15, -0.1) is 0 Å². The van der Waals surface area contributed by atoms with Crippen LogP contribution in [0.15, 0.2) is 54.6 Å². The normalized spacial score (nSPS) is 12.7. The molecule has 0 aromatic heterocycles. The predicted molar refractivity (Wildman–Crippen MR) is 132 cm³/mol. The van der Waals surface area contributed by atoms with Crippen molar-refractivity contribution < 1.29 is 18.0 Å². The standard InChI is InChI=1S/C25H35N3O4S/c1-7-21(24(30)26-25(3,4)5)27(17-20-14-9-8-10-15-20)23(29)18-28(33(6,31)32)22-16-12-11-13-19(22)2/h8-16,21H,7,17-18H2,1-6H3,(H,26,30)/t21-/m1/s1. The average Bonchev–Trinajstić information content (AvgIpc) is 2.71. The minimum Gasteiger partial charge on any atom is -0.350 e. The maximum absolute atomic E-state index is 13.6. The molecule has 0 aliphatic carbocycles. The van der Waals surface area contributed by atoms with Gasteiger partial charge in [-0.2, -0.15) is 0 Å². The summed E-state index contributed by atoms with van der Waals surface area (Å²) < 4.78 is 26.4. The van der Waals surface area contributed by atoms with Gasteiger partial charge in [0.1, 0.15) is 12.6 Å². The van der Waals surface area contributed by atoms with Crippen LogP contribution in [0.3, 0.4) is 0 Å². The molecule has 2 amide bonds. The summed E-state index contributed by atoms with van der Waals surface area (Å²) in [7, 11) is -3.74. The van der Waals surface area contributed by atoms with Crippen LogP contribution >= 0.6 is 0 Å². The molecular formula is C25H35N3O4S. The Balaban J connectivity index is 2.44. The highest BCUT2D eigenvalue weighted by Gasteiger charge is 2.33. The van der Waals surface area contributed by atoms with Crippen molar-refractivity contribution in [2.45, 2.75) is 59.2 Å². The van der Waals surface area contributed by atoms with E-state index in [0.717, 1.165) is 21.7 Å². The van der Waals surface area contributed by atoms with E-state index >= 15 is 0 Å². The number of carbonyl (C=O) groups is 2. The molecule has 0 aliphatic rings. The fourth-order valence-electron chi connectivity index (χ4n) is 3.59. The number of hydrogen-bond donors (Lipinski definition) is 1. The first-order valence-electron chi connectivity index (χ1n) is 11.0. The highest BCUT2D eigenvalue weighted by molar-refractivity contribution is 7.92. The first kappa shape index (κ1) is 26.4. The van der Waals surface area contributed by atoms with E-state index in [4.69, 9.17) is 0 Å². The zero-order valence-corrected chi connectivity index (χ0v) is 21.1. The quantitative estimate of drug-likeness (QED) is 0.604. The molecule has 180 valence electrons. The number of nitrogens with zero attached hydrogens (tertiary/aromatic N) is 2. The molecule has 7 nitrogen and oxygen atoms in total. The number of anilines is 1. The Morgan fingerprint density at radius 1 is 1.00 bits per heavy atom. The Morgan fingerprint density at radius 3 is 2.09 bits per heavy atom. The number of nitrogens with one attached hydrogen (secondary N) is 1. The lowest BCUT2D eigenvalue weighted by molar-refractivity contribution is -0.141. The summed E-state index contributed by atoms with van der Waals surface area (Å²) >= 11 is 0. The van der Waals surface area contributed by atoms with Gasteiger partial charge in [0.05, 0.1) is 11.9 Å². The predicted octanol–water partition coefficient (Wildman–Crippen LogP) is 3.48. The Bertz CT molecular complexity index is 1060. The van der Waals surface area contributed by atoms with Crippen LogP contribution in [0.25, 0.3) is 0 Å². The number of hydrogen-bond acceptors (Lipinski definition) is 4. The fourth-order valence-corrected chi connectivity index (χ4v) is 4.50. The molecule has 1 N–H and O–H groups in total. The molecule has 33 heavy (non-hydrogen) atoms. The summed E-state index contributed by atoms with van der Waals surface area (Å²) in [5, 5.41) is 2.95. The van der Waals surface area contributed by atoms with E-state index in [1.807, 2.05) is 64.1 Å². The van der Waals surface area contributed by atoms with Crippen LogP contribution in [-0.2, 0) is 26.2 Å². The van der Waals surface area contributed by atoms with Gasteiger partial charge in [-0.05, 0) is 51.3 Å². The maximum atomic E-state index is 13.6. The maximum Gasteiger partial charge on any atom is 0.244 e. The van der Waals surface area contributed by atoms with Crippen LogP contribution in [0.4, 0.5) is 5.69 Å². The molecule has 2 aromatic rings. The van der Waals surface area contributed by atoms with Crippen molar-refractivity contribution in [3.63, 3.8) is 0 Å². The third-order valence-corrected chi connectivity index (χ3v) is 6.27. The number of para-hydroxylation sites is 1. The van der Waals surface area contributed by atoms with Gasteiger partial charge in [-0.1, -0.05) is 55.5 Å². The van der Waals surface area contributed by atoms with Gasteiger partial charge in [0.15, 0.2) is 0 Å². The molecule has 2 rings (SSSR count). The van der Waals surface area contributed by atoms with Gasteiger partial charge < -0.3 is 10.2 Å². The zero-order chi connectivity index (χ0) is 24.8. The highest BCUT2D eigenvalue weighted by atomic mass is 32.2. The first-order valence-corrected chi connectivity index (χ1v) is 12.9. The van der Waals surface area contributed by atoms with Crippen LogP contribution in [0, 0.1) is 6.92 Å². The molecule has 0 radical (unpaired) electrons. The number of aryl methyl sites for hydroxylation is 1. The number of amides is 2. The van der Waals surface area contributed by atoms with Crippen molar-refractivity contribution in [1.82, 2.24) is 10.2 Å². The summed E-state index contributed by atoms with van der Waals surface area (Å²) in [6, 6.07) is 15.6. The smallest absolute Gasteiger partial charge is 0.244 e. The molecular weight excluding hydrogens is 438 g/mol. The highest BCUT2D eigenvalue weighted by Crippen LogP contribution is 2.23. The van der Waals surface area contributed by atoms with Gasteiger partial charge in [0, 0.05) is 12.1 Å². The van der Waals surface area contributed by atoms with E-state index in [9.17, 15) is 18.0 Å². The molecule has 0 bridgehead atoms. The summed E-state index contributed by atoms with van der Waals surface area (Å²) in [5.74, 6) is -0.709. The van der Waals surface area contributed by atoms with Gasteiger partial charge in [0.25, 0.3) is 0 Å². The molecule has 2 aromatic carbocycles. The summed E-state index contributed by atoms with van der Waals surface area (Å²) in [6.45, 7) is 9.08. The lowest BCUT2D eigenvalue weighted by atomic mass is 10.1. The monoisotopic (exact) mass is 473 g/mol. The lowest BCUT2D eigenvalue weighted by Crippen LogP contribution is -2.55. The van der Waals surface area contributed by atoms with Crippen molar-refractivity contribution in [3.8, 4) is 0 Å². The van der Waals surface area contributed by atoms with E-state index in [1.165, 1.54) is 4.90 Å². The summed E-state index contributed by atoms with van der Waals surface area (Å²) in [4.78, 5) is 28.2. The SMILES string of the molecule is CC[C@H](C(=O)NC(C)(C)C)N(Cc1ccccc1)C(=O)CN(c1ccccc1C)S(C)(=O)=O. The third kappa shape index (κ3) is 7.60. The second kappa shape index (κ2) is 10.8. The Morgan fingerprint density at radius 2 is 1.58 bits per heavy atom. The van der Waals surface area contributed by atoms with E-state index in [-0.39, 0.29) is 12.5 Å². The van der Waals surface area contributed by atoms with Crippen molar-refractivity contribution in [2.24, 2.45) is 0 Å². The molecule has 0 saturated carbocycles. The number of carbonyl (C=O) groups excluding carboxylic acids is 2. The van der Waals surface area contributed by atoms with Crippen LogP contribution < -0.4 is 9.62 Å². The topological polar surface area (TPSA) is 86.8 Å². The molecule has 0 unspecified atom stereocenters. The van der Waals surface area contributed by atoms with E-state index in [2.05, 4.69) is 5.32 Å². The molecule has 0 saturated heterocycles. The number of rotatable bonds is 9. The van der Waals surface area contributed by atoms with Crippen molar-refractivity contribution in [3.05, 3.63) is 65.7 Å². The molecule has 0 aliphatic heterocycles. The van der Waals surface area contributed by atoms with Gasteiger partial charge >= 0.3 is 0 Å². The Labute approximate surface area is 197 Å². The zero-order valence-electron chi connectivity index (χ0n) is 20.3. The van der Waals surface area contributed by atoms with E-state index in [1.54, 1.807) is 25.1 Å². The van der Waals surface area contributed by atoms with Crippen molar-refractivity contribution in [1.29, 1.82) is 0 Å². The van der Waals surface area contributed by atoms with E-state index < -0.39 is 34.1 Å². The fraction of sp³-hybridized carbons (Fsp3) is 0.440. The molecule has 8 heteroatoms. The number of sulfonamides is 1. The minimum absolute atomic E-state index is 0.196. The third-order valence-electron chi connectivity index (χ3n) is 5.14. The van der Waals surface area contributed by atoms with E-state index in [0.29, 0.717) is 12.1 Å². The molecule has 1 atom stereocenters. The Kier molecular flexibility index (Phi) is 8.66.